The van der Waals surface area contributed by atoms with Crippen molar-refractivity contribution in [2.24, 2.45) is 4.99 Å². The fourth-order valence-corrected chi connectivity index (χ4v) is 2.22. The van der Waals surface area contributed by atoms with Gasteiger partial charge >= 0.3 is 0 Å². The summed E-state index contributed by atoms with van der Waals surface area (Å²) in [7, 11) is 0. The number of nitrogens with two attached hydrogens (primary N) is 1. The Hall–Kier alpha value is -0.510. The zero-order valence-corrected chi connectivity index (χ0v) is 9.30. The molecule has 2 nitrogen and oxygen atoms in total. The first-order valence-corrected chi connectivity index (χ1v) is 5.08. The SMILES string of the molecule is C=C(Cl)N=C(Cl)c1c(C)csc1N. The molecule has 2 N–H and O–H groups in total. The molecule has 0 saturated heterocycles. The second kappa shape index (κ2) is 4.13. The summed E-state index contributed by atoms with van der Waals surface area (Å²) in [5, 5.41) is 3.00. The van der Waals surface area contributed by atoms with Crippen molar-refractivity contribution in [3.8, 4) is 0 Å². The standard InChI is InChI=1S/C8H8Cl2N2S/c1-4-3-13-8(11)6(4)7(10)12-5(2)9/h3H,2,11H2,1H3. The summed E-state index contributed by atoms with van der Waals surface area (Å²) in [4.78, 5) is 3.82. The minimum atomic E-state index is 0.148. The predicted octanol–water partition coefficient (Wildman–Crippen LogP) is 3.33. The predicted molar refractivity (Wildman–Crippen MR) is 60.9 cm³/mol. The van der Waals surface area contributed by atoms with Crippen molar-refractivity contribution in [1.29, 1.82) is 0 Å². The van der Waals surface area contributed by atoms with Crippen molar-refractivity contribution in [1.82, 2.24) is 0 Å². The highest BCUT2D eigenvalue weighted by Gasteiger charge is 2.10. The summed E-state index contributed by atoms with van der Waals surface area (Å²) >= 11 is 12.8. The van der Waals surface area contributed by atoms with E-state index in [4.69, 9.17) is 28.9 Å². The van der Waals surface area contributed by atoms with Gasteiger partial charge in [0.05, 0.1) is 5.00 Å². The van der Waals surface area contributed by atoms with Gasteiger partial charge in [0.25, 0.3) is 0 Å². The summed E-state index contributed by atoms with van der Waals surface area (Å²) < 4.78 is 0. The molecular formula is C8H8Cl2N2S. The molecule has 5 heteroatoms. The number of aliphatic imine (C=N–C) groups is 1. The number of hydrogen-bond acceptors (Lipinski definition) is 3. The van der Waals surface area contributed by atoms with Gasteiger partial charge in [-0.05, 0) is 17.9 Å². The molecule has 0 fully saturated rings. The van der Waals surface area contributed by atoms with Crippen LogP contribution in [0.15, 0.2) is 22.1 Å². The van der Waals surface area contributed by atoms with E-state index in [0.29, 0.717) is 5.00 Å². The number of aryl methyl sites for hydroxylation is 1. The van der Waals surface area contributed by atoms with Gasteiger partial charge in [0.1, 0.15) is 10.3 Å². The molecule has 0 aliphatic carbocycles. The number of anilines is 1. The fourth-order valence-electron chi connectivity index (χ4n) is 0.891. The third kappa shape index (κ3) is 2.46. The van der Waals surface area contributed by atoms with Crippen molar-refractivity contribution < 1.29 is 0 Å². The van der Waals surface area contributed by atoms with Crippen molar-refractivity contribution in [3.05, 3.63) is 28.2 Å². The quantitative estimate of drug-likeness (QED) is 0.619. The lowest BCUT2D eigenvalue weighted by Crippen LogP contribution is -1.96. The number of nitrogens with zero attached hydrogens (tertiary/aromatic N) is 1. The van der Waals surface area contributed by atoms with E-state index in [0.717, 1.165) is 11.1 Å². The Morgan fingerprint density at radius 3 is 2.62 bits per heavy atom. The van der Waals surface area contributed by atoms with Crippen LogP contribution in [0.3, 0.4) is 0 Å². The number of thiophene rings is 1. The Morgan fingerprint density at radius 2 is 2.23 bits per heavy atom. The molecule has 0 radical (unpaired) electrons. The summed E-state index contributed by atoms with van der Waals surface area (Å²) in [6, 6.07) is 0. The van der Waals surface area contributed by atoms with Crippen molar-refractivity contribution in [2.75, 3.05) is 5.73 Å². The minimum Gasteiger partial charge on any atom is -0.390 e. The van der Waals surface area contributed by atoms with Crippen LogP contribution < -0.4 is 5.73 Å². The maximum absolute atomic E-state index is 5.88. The molecule has 0 spiro atoms. The van der Waals surface area contributed by atoms with Crippen LogP contribution in [0, 0.1) is 6.92 Å². The Kier molecular flexibility index (Phi) is 3.36. The molecule has 0 bridgehead atoms. The van der Waals surface area contributed by atoms with E-state index >= 15 is 0 Å². The molecule has 0 amide bonds. The molecule has 1 rings (SSSR count). The molecule has 1 heterocycles. The van der Waals surface area contributed by atoms with Gasteiger partial charge in [0.2, 0.25) is 0 Å². The maximum atomic E-state index is 5.88. The first kappa shape index (κ1) is 10.6. The van der Waals surface area contributed by atoms with Crippen LogP contribution in [0.5, 0.6) is 0 Å². The third-order valence-electron chi connectivity index (χ3n) is 1.43. The number of halogens is 2. The van der Waals surface area contributed by atoms with E-state index in [1.165, 1.54) is 11.3 Å². The zero-order valence-electron chi connectivity index (χ0n) is 6.97. The molecule has 0 unspecified atom stereocenters. The average molecular weight is 235 g/mol. The monoisotopic (exact) mass is 234 g/mol. The fraction of sp³-hybridized carbons (Fsp3) is 0.125. The molecule has 0 atom stereocenters. The van der Waals surface area contributed by atoms with Crippen LogP contribution in [-0.2, 0) is 0 Å². The number of rotatable bonds is 2. The van der Waals surface area contributed by atoms with Gasteiger partial charge in [0, 0.05) is 5.56 Å². The first-order valence-electron chi connectivity index (χ1n) is 3.45. The van der Waals surface area contributed by atoms with Gasteiger partial charge in [0.15, 0.2) is 0 Å². The van der Waals surface area contributed by atoms with Gasteiger partial charge in [-0.25, -0.2) is 4.99 Å². The average Bonchev–Trinajstić information content (AvgIpc) is 2.29. The summed E-state index contributed by atoms with van der Waals surface area (Å²) in [6.45, 7) is 5.33. The zero-order chi connectivity index (χ0) is 10.0. The maximum Gasteiger partial charge on any atom is 0.141 e. The largest absolute Gasteiger partial charge is 0.390 e. The molecular weight excluding hydrogens is 227 g/mol. The highest BCUT2D eigenvalue weighted by Crippen LogP contribution is 2.27. The van der Waals surface area contributed by atoms with Crippen LogP contribution in [0.2, 0.25) is 0 Å². The van der Waals surface area contributed by atoms with Crippen molar-refractivity contribution in [2.45, 2.75) is 6.92 Å². The van der Waals surface area contributed by atoms with E-state index in [9.17, 15) is 0 Å². The summed E-state index contributed by atoms with van der Waals surface area (Å²) in [5.41, 5.74) is 7.44. The van der Waals surface area contributed by atoms with Crippen LogP contribution in [-0.4, -0.2) is 5.17 Å². The van der Waals surface area contributed by atoms with Gasteiger partial charge in [-0.1, -0.05) is 29.8 Å². The summed E-state index contributed by atoms with van der Waals surface area (Å²) in [5.74, 6) is 0. The minimum absolute atomic E-state index is 0.148. The van der Waals surface area contributed by atoms with Gasteiger partial charge in [-0.3, -0.25) is 0 Å². The van der Waals surface area contributed by atoms with Crippen LogP contribution in [0.4, 0.5) is 5.00 Å². The Morgan fingerprint density at radius 1 is 1.62 bits per heavy atom. The van der Waals surface area contributed by atoms with E-state index < -0.39 is 0 Å². The van der Waals surface area contributed by atoms with Crippen LogP contribution >= 0.6 is 34.5 Å². The van der Waals surface area contributed by atoms with Gasteiger partial charge in [-0.2, -0.15) is 0 Å². The number of nitrogen functional groups attached to an aromatic ring is 1. The summed E-state index contributed by atoms with van der Waals surface area (Å²) in [6.07, 6.45) is 0. The lowest BCUT2D eigenvalue weighted by atomic mass is 10.2. The van der Waals surface area contributed by atoms with Gasteiger partial charge in [-0.15, -0.1) is 11.3 Å². The molecule has 0 saturated carbocycles. The molecule has 70 valence electrons. The molecule has 0 aliphatic heterocycles. The van der Waals surface area contributed by atoms with Crippen molar-refractivity contribution in [3.63, 3.8) is 0 Å². The smallest absolute Gasteiger partial charge is 0.141 e. The van der Waals surface area contributed by atoms with Gasteiger partial charge < -0.3 is 5.73 Å². The highest BCUT2D eigenvalue weighted by molar-refractivity contribution is 7.14. The van der Waals surface area contributed by atoms with Crippen LogP contribution in [0.1, 0.15) is 11.1 Å². The third-order valence-corrected chi connectivity index (χ3v) is 2.72. The van der Waals surface area contributed by atoms with E-state index in [2.05, 4.69) is 11.6 Å². The Bertz CT molecular complexity index is 349. The van der Waals surface area contributed by atoms with Crippen LogP contribution in [0.25, 0.3) is 0 Å². The van der Waals surface area contributed by atoms with Crippen molar-refractivity contribution >= 4 is 44.7 Å². The van der Waals surface area contributed by atoms with E-state index in [1.807, 2.05) is 12.3 Å². The topological polar surface area (TPSA) is 38.4 Å². The molecule has 13 heavy (non-hydrogen) atoms. The Balaban J connectivity index is 3.14. The normalized spacial score (nSPS) is 11.8. The molecule has 0 aromatic carbocycles. The first-order chi connectivity index (χ1) is 6.02. The van der Waals surface area contributed by atoms with E-state index in [1.54, 1.807) is 0 Å². The van der Waals surface area contributed by atoms with E-state index in [-0.39, 0.29) is 10.3 Å². The molecule has 1 aromatic rings. The molecule has 1 aromatic heterocycles. The highest BCUT2D eigenvalue weighted by atomic mass is 35.5. The second-order valence-electron chi connectivity index (χ2n) is 2.44. The second-order valence-corrected chi connectivity index (χ2v) is 4.14. The number of hydrogen-bond donors (Lipinski definition) is 1. The Labute approximate surface area is 90.7 Å². The molecule has 0 aliphatic rings. The lowest BCUT2D eigenvalue weighted by Gasteiger charge is -1.98. The lowest BCUT2D eigenvalue weighted by molar-refractivity contribution is 1.49.